The van der Waals surface area contributed by atoms with E-state index in [1.54, 1.807) is 13.4 Å². The fraction of sp³-hybridized carbons (Fsp3) is 0.185. The van der Waals surface area contributed by atoms with Gasteiger partial charge in [-0.2, -0.15) is 0 Å². The monoisotopic (exact) mass is 411 g/mol. The second-order valence-corrected chi connectivity index (χ2v) is 7.73. The Kier molecular flexibility index (Phi) is 5.46. The van der Waals surface area contributed by atoms with Crippen LogP contribution in [0.3, 0.4) is 0 Å². The van der Waals surface area contributed by atoms with Crippen LogP contribution in [0.1, 0.15) is 28.3 Å². The Hall–Kier alpha value is -3.50. The van der Waals surface area contributed by atoms with Gasteiger partial charge in [-0.15, -0.1) is 0 Å². The third-order valence-electron chi connectivity index (χ3n) is 5.71. The Labute approximate surface area is 182 Å². The minimum absolute atomic E-state index is 0.126. The molecule has 5 rings (SSSR count). The highest BCUT2D eigenvalue weighted by Gasteiger charge is 2.21. The van der Waals surface area contributed by atoms with Crippen molar-refractivity contribution in [3.8, 4) is 11.5 Å². The van der Waals surface area contributed by atoms with E-state index in [-0.39, 0.29) is 6.04 Å². The van der Waals surface area contributed by atoms with Crippen LogP contribution in [0.15, 0.2) is 83.5 Å². The number of nitrogens with one attached hydrogen (secondary N) is 1. The second-order valence-electron chi connectivity index (χ2n) is 7.73. The van der Waals surface area contributed by atoms with E-state index in [1.165, 1.54) is 11.1 Å². The standard InChI is InChI=1S/C27H25NO3/c1-29-26-17-23-21(16-27(26)31-18-20-5-3-2-4-6-20)11-13-28-24(23)9-7-19-8-10-25-22(15-19)12-14-30-25/h2-10,12,14-17,24,28H,11,13,18H2,1H3. The summed E-state index contributed by atoms with van der Waals surface area (Å²) in [5.74, 6) is 1.55. The third-order valence-corrected chi connectivity index (χ3v) is 5.71. The fourth-order valence-corrected chi connectivity index (χ4v) is 4.07. The van der Waals surface area contributed by atoms with E-state index in [9.17, 15) is 0 Å². The smallest absolute Gasteiger partial charge is 0.161 e. The summed E-state index contributed by atoms with van der Waals surface area (Å²) < 4.78 is 17.2. The molecule has 4 nitrogen and oxygen atoms in total. The van der Waals surface area contributed by atoms with Crippen LogP contribution in [0.5, 0.6) is 11.5 Å². The van der Waals surface area contributed by atoms with Crippen molar-refractivity contribution in [1.29, 1.82) is 0 Å². The van der Waals surface area contributed by atoms with Crippen molar-refractivity contribution < 1.29 is 13.9 Å². The average Bonchev–Trinajstić information content (AvgIpc) is 3.29. The zero-order chi connectivity index (χ0) is 21.0. The lowest BCUT2D eigenvalue weighted by Gasteiger charge is -2.26. The Morgan fingerprint density at radius 3 is 2.81 bits per heavy atom. The van der Waals surface area contributed by atoms with E-state index in [2.05, 4.69) is 53.9 Å². The molecule has 2 heterocycles. The van der Waals surface area contributed by atoms with Gasteiger partial charge in [0.25, 0.3) is 0 Å². The molecule has 1 atom stereocenters. The molecule has 0 aliphatic carbocycles. The average molecular weight is 412 g/mol. The van der Waals surface area contributed by atoms with Crippen LogP contribution < -0.4 is 14.8 Å². The third kappa shape index (κ3) is 4.21. The van der Waals surface area contributed by atoms with Crippen LogP contribution in [0.4, 0.5) is 0 Å². The zero-order valence-electron chi connectivity index (χ0n) is 17.5. The van der Waals surface area contributed by atoms with E-state index >= 15 is 0 Å². The molecule has 0 saturated carbocycles. The Bertz CT molecular complexity index is 1210. The number of fused-ring (bicyclic) bond motifs is 2. The van der Waals surface area contributed by atoms with Crippen LogP contribution >= 0.6 is 0 Å². The van der Waals surface area contributed by atoms with Crippen molar-refractivity contribution in [1.82, 2.24) is 5.32 Å². The number of hydrogen-bond donors (Lipinski definition) is 1. The molecule has 1 aliphatic rings. The minimum atomic E-state index is 0.126. The molecule has 1 aromatic heterocycles. The lowest BCUT2D eigenvalue weighted by molar-refractivity contribution is 0.283. The Balaban J connectivity index is 1.39. The first-order valence-corrected chi connectivity index (χ1v) is 10.6. The van der Waals surface area contributed by atoms with Crippen LogP contribution in [0.25, 0.3) is 17.0 Å². The SMILES string of the molecule is COc1cc2c(cc1OCc1ccccc1)CCNC2C=Cc1ccc2occc2c1. The first kappa shape index (κ1) is 19.5. The molecular weight excluding hydrogens is 386 g/mol. The highest BCUT2D eigenvalue weighted by atomic mass is 16.5. The Morgan fingerprint density at radius 2 is 1.94 bits per heavy atom. The van der Waals surface area contributed by atoms with Gasteiger partial charge in [0.15, 0.2) is 11.5 Å². The van der Waals surface area contributed by atoms with E-state index in [0.717, 1.165) is 46.6 Å². The minimum Gasteiger partial charge on any atom is -0.493 e. The van der Waals surface area contributed by atoms with Gasteiger partial charge in [0.05, 0.1) is 19.4 Å². The summed E-state index contributed by atoms with van der Waals surface area (Å²) >= 11 is 0. The van der Waals surface area contributed by atoms with E-state index in [0.29, 0.717) is 6.61 Å². The molecule has 0 radical (unpaired) electrons. The van der Waals surface area contributed by atoms with Crippen molar-refractivity contribution in [3.05, 3.63) is 101 Å². The lowest BCUT2D eigenvalue weighted by atomic mass is 9.93. The van der Waals surface area contributed by atoms with Gasteiger partial charge in [-0.05, 0) is 59.0 Å². The van der Waals surface area contributed by atoms with E-state index in [4.69, 9.17) is 13.9 Å². The van der Waals surface area contributed by atoms with Crippen LogP contribution in [0, 0.1) is 0 Å². The fourth-order valence-electron chi connectivity index (χ4n) is 4.07. The maximum Gasteiger partial charge on any atom is 0.161 e. The topological polar surface area (TPSA) is 43.6 Å². The summed E-state index contributed by atoms with van der Waals surface area (Å²) in [6.45, 7) is 1.45. The molecule has 31 heavy (non-hydrogen) atoms. The molecule has 0 amide bonds. The molecule has 0 spiro atoms. The van der Waals surface area contributed by atoms with Gasteiger partial charge < -0.3 is 19.2 Å². The predicted octanol–water partition coefficient (Wildman–Crippen LogP) is 5.92. The molecule has 4 aromatic rings. The van der Waals surface area contributed by atoms with E-state index in [1.807, 2.05) is 30.3 Å². The molecular formula is C27H25NO3. The van der Waals surface area contributed by atoms with Crippen molar-refractivity contribution in [3.63, 3.8) is 0 Å². The molecule has 3 aromatic carbocycles. The normalized spacial score (nSPS) is 15.8. The highest BCUT2D eigenvalue weighted by Crippen LogP contribution is 2.36. The molecule has 0 saturated heterocycles. The van der Waals surface area contributed by atoms with Gasteiger partial charge in [0.2, 0.25) is 0 Å². The maximum absolute atomic E-state index is 6.11. The van der Waals surface area contributed by atoms with Crippen molar-refractivity contribution in [2.45, 2.75) is 19.1 Å². The largest absolute Gasteiger partial charge is 0.493 e. The zero-order valence-corrected chi connectivity index (χ0v) is 17.5. The van der Waals surface area contributed by atoms with E-state index < -0.39 is 0 Å². The maximum atomic E-state index is 6.11. The summed E-state index contributed by atoms with van der Waals surface area (Å²) in [5.41, 5.74) is 5.72. The van der Waals surface area contributed by atoms with Crippen LogP contribution in [-0.4, -0.2) is 13.7 Å². The van der Waals surface area contributed by atoms with Crippen LogP contribution in [-0.2, 0) is 13.0 Å². The van der Waals surface area contributed by atoms with Crippen LogP contribution in [0.2, 0.25) is 0 Å². The van der Waals surface area contributed by atoms with Gasteiger partial charge >= 0.3 is 0 Å². The van der Waals surface area contributed by atoms with Crippen molar-refractivity contribution >= 4 is 17.0 Å². The second kappa shape index (κ2) is 8.70. The molecule has 1 aliphatic heterocycles. The van der Waals surface area contributed by atoms with Crippen molar-refractivity contribution in [2.75, 3.05) is 13.7 Å². The summed E-state index contributed by atoms with van der Waals surface area (Å²) in [6, 6.07) is 22.8. The van der Waals surface area contributed by atoms with Gasteiger partial charge in [0, 0.05) is 11.9 Å². The summed E-state index contributed by atoms with van der Waals surface area (Å²) in [7, 11) is 1.69. The quantitative estimate of drug-likeness (QED) is 0.428. The molecule has 1 unspecified atom stereocenters. The van der Waals surface area contributed by atoms with Crippen molar-refractivity contribution in [2.24, 2.45) is 0 Å². The number of rotatable bonds is 6. The number of ether oxygens (including phenoxy) is 2. The predicted molar refractivity (Wildman–Crippen MR) is 123 cm³/mol. The molecule has 0 fully saturated rings. The lowest BCUT2D eigenvalue weighted by Crippen LogP contribution is -2.28. The first-order valence-electron chi connectivity index (χ1n) is 10.6. The number of benzene rings is 3. The molecule has 1 N–H and O–H groups in total. The first-order chi connectivity index (χ1) is 15.3. The van der Waals surface area contributed by atoms with Gasteiger partial charge in [-0.25, -0.2) is 0 Å². The number of methoxy groups -OCH3 is 1. The summed E-state index contributed by atoms with van der Waals surface area (Å²) in [4.78, 5) is 0. The Morgan fingerprint density at radius 1 is 1.03 bits per heavy atom. The molecule has 156 valence electrons. The highest BCUT2D eigenvalue weighted by molar-refractivity contribution is 5.80. The van der Waals surface area contributed by atoms with Gasteiger partial charge in [-0.1, -0.05) is 48.6 Å². The summed E-state index contributed by atoms with van der Waals surface area (Å²) in [6.07, 6.45) is 7.06. The van der Waals surface area contributed by atoms with Gasteiger partial charge in [0.1, 0.15) is 12.2 Å². The molecule has 4 heteroatoms. The number of hydrogen-bond acceptors (Lipinski definition) is 4. The molecule has 0 bridgehead atoms. The number of furan rings is 1. The summed E-state index contributed by atoms with van der Waals surface area (Å²) in [5, 5.41) is 4.72. The van der Waals surface area contributed by atoms with Gasteiger partial charge in [-0.3, -0.25) is 0 Å².